The van der Waals surface area contributed by atoms with Gasteiger partial charge in [-0.05, 0) is 19.9 Å². The van der Waals surface area contributed by atoms with Crippen molar-refractivity contribution in [3.8, 4) is 0 Å². The molecule has 0 amide bonds. The number of nitrogens with two attached hydrogens (primary N) is 1. The summed E-state index contributed by atoms with van der Waals surface area (Å²) in [6.45, 7) is 3.61. The molecule has 0 aromatic carbocycles. The topological polar surface area (TPSA) is 55.0 Å². The smallest absolute Gasteiger partial charge is 0.131 e. The van der Waals surface area contributed by atoms with Gasteiger partial charge in [0.1, 0.15) is 12.1 Å². The van der Waals surface area contributed by atoms with Crippen molar-refractivity contribution in [1.29, 1.82) is 0 Å². The largest absolute Gasteiger partial charge is 0.360 e. The molecule has 0 saturated heterocycles. The normalized spacial score (nSPS) is 10.1. The summed E-state index contributed by atoms with van der Waals surface area (Å²) in [7, 11) is 2.01. The molecule has 13 heavy (non-hydrogen) atoms. The number of anilines is 1. The van der Waals surface area contributed by atoms with Crippen molar-refractivity contribution in [1.82, 2.24) is 9.97 Å². The van der Waals surface area contributed by atoms with E-state index < -0.39 is 0 Å². The van der Waals surface area contributed by atoms with E-state index in [-0.39, 0.29) is 0 Å². The highest BCUT2D eigenvalue weighted by molar-refractivity contribution is 5.37. The fourth-order valence-corrected chi connectivity index (χ4v) is 1.09. The molecular weight excluding hydrogens is 164 g/mol. The number of aromatic nitrogens is 2. The summed E-state index contributed by atoms with van der Waals surface area (Å²) < 4.78 is 0. The third-order valence-corrected chi connectivity index (χ3v) is 1.88. The van der Waals surface area contributed by atoms with Crippen LogP contribution in [0.3, 0.4) is 0 Å². The van der Waals surface area contributed by atoms with E-state index in [0.29, 0.717) is 6.54 Å². The molecule has 0 unspecified atom stereocenters. The maximum absolute atomic E-state index is 5.43. The zero-order chi connectivity index (χ0) is 9.68. The molecular formula is C9H16N4. The van der Waals surface area contributed by atoms with Crippen molar-refractivity contribution in [2.45, 2.75) is 13.3 Å². The first-order valence-electron chi connectivity index (χ1n) is 4.44. The third kappa shape index (κ3) is 2.99. The Kier molecular flexibility index (Phi) is 3.64. The average molecular weight is 180 g/mol. The highest BCUT2D eigenvalue weighted by Crippen LogP contribution is 2.07. The lowest BCUT2D eigenvalue weighted by atomic mass is 10.3. The Morgan fingerprint density at radius 2 is 2.23 bits per heavy atom. The zero-order valence-electron chi connectivity index (χ0n) is 8.20. The lowest BCUT2D eigenvalue weighted by Crippen LogP contribution is -2.22. The summed E-state index contributed by atoms with van der Waals surface area (Å²) in [5.41, 5.74) is 6.42. The zero-order valence-corrected chi connectivity index (χ0v) is 8.20. The molecule has 1 rings (SSSR count). The molecule has 0 spiro atoms. The van der Waals surface area contributed by atoms with Crippen molar-refractivity contribution in [2.24, 2.45) is 5.73 Å². The first-order chi connectivity index (χ1) is 6.24. The van der Waals surface area contributed by atoms with E-state index in [1.165, 1.54) is 0 Å². The summed E-state index contributed by atoms with van der Waals surface area (Å²) >= 11 is 0. The molecule has 0 aliphatic heterocycles. The summed E-state index contributed by atoms with van der Waals surface area (Å²) in [4.78, 5) is 10.3. The molecule has 1 aromatic rings. The van der Waals surface area contributed by atoms with E-state index in [1.807, 2.05) is 20.0 Å². The molecule has 0 saturated carbocycles. The number of hydrogen-bond acceptors (Lipinski definition) is 4. The molecule has 0 fully saturated rings. The van der Waals surface area contributed by atoms with Gasteiger partial charge in [-0.15, -0.1) is 0 Å². The van der Waals surface area contributed by atoms with E-state index in [2.05, 4.69) is 14.9 Å². The monoisotopic (exact) mass is 180 g/mol. The summed E-state index contributed by atoms with van der Waals surface area (Å²) in [6, 6.07) is 1.97. The van der Waals surface area contributed by atoms with Crippen molar-refractivity contribution in [2.75, 3.05) is 25.0 Å². The Bertz CT molecular complexity index is 262. The SMILES string of the molecule is Cc1cc(N(C)CCCN)ncn1. The molecule has 4 heteroatoms. The second-order valence-corrected chi connectivity index (χ2v) is 3.08. The molecule has 2 N–H and O–H groups in total. The van der Waals surface area contributed by atoms with Crippen molar-refractivity contribution < 1.29 is 0 Å². The lowest BCUT2D eigenvalue weighted by Gasteiger charge is -2.17. The molecule has 0 bridgehead atoms. The predicted octanol–water partition coefficient (Wildman–Crippen LogP) is 0.570. The molecule has 4 nitrogen and oxygen atoms in total. The molecule has 0 atom stereocenters. The standard InChI is InChI=1S/C9H16N4/c1-8-6-9(12-7-11-8)13(2)5-3-4-10/h6-7H,3-5,10H2,1-2H3. The van der Waals surface area contributed by atoms with Crippen molar-refractivity contribution >= 4 is 5.82 Å². The van der Waals surface area contributed by atoms with Crippen LogP contribution in [0.2, 0.25) is 0 Å². The predicted molar refractivity (Wildman–Crippen MR) is 53.7 cm³/mol. The maximum atomic E-state index is 5.43. The van der Waals surface area contributed by atoms with Gasteiger partial charge >= 0.3 is 0 Å². The highest BCUT2D eigenvalue weighted by Gasteiger charge is 2.00. The Balaban J connectivity index is 2.60. The quantitative estimate of drug-likeness (QED) is 0.736. The third-order valence-electron chi connectivity index (χ3n) is 1.88. The Morgan fingerprint density at radius 1 is 1.46 bits per heavy atom. The minimum Gasteiger partial charge on any atom is -0.360 e. The summed E-state index contributed by atoms with van der Waals surface area (Å²) in [6.07, 6.45) is 2.57. The second-order valence-electron chi connectivity index (χ2n) is 3.08. The van der Waals surface area contributed by atoms with E-state index in [1.54, 1.807) is 6.33 Å². The minimum atomic E-state index is 0.717. The summed E-state index contributed by atoms with van der Waals surface area (Å²) in [5, 5.41) is 0. The van der Waals surface area contributed by atoms with Crippen LogP contribution in [0.5, 0.6) is 0 Å². The van der Waals surface area contributed by atoms with Gasteiger partial charge in [0.15, 0.2) is 0 Å². The van der Waals surface area contributed by atoms with E-state index in [4.69, 9.17) is 5.73 Å². The van der Waals surface area contributed by atoms with Crippen LogP contribution in [0.4, 0.5) is 5.82 Å². The average Bonchev–Trinajstić information content (AvgIpc) is 2.14. The van der Waals surface area contributed by atoms with E-state index >= 15 is 0 Å². The molecule has 0 aliphatic rings. The Hall–Kier alpha value is -1.16. The second kappa shape index (κ2) is 4.77. The van der Waals surface area contributed by atoms with Gasteiger partial charge in [-0.1, -0.05) is 0 Å². The van der Waals surface area contributed by atoms with Crippen LogP contribution < -0.4 is 10.6 Å². The van der Waals surface area contributed by atoms with Gasteiger partial charge in [-0.25, -0.2) is 9.97 Å². The fourth-order valence-electron chi connectivity index (χ4n) is 1.09. The number of rotatable bonds is 4. The van der Waals surface area contributed by atoms with Crippen LogP contribution in [0.25, 0.3) is 0 Å². The van der Waals surface area contributed by atoms with Gasteiger partial charge in [-0.3, -0.25) is 0 Å². The van der Waals surface area contributed by atoms with Crippen molar-refractivity contribution in [3.63, 3.8) is 0 Å². The fraction of sp³-hybridized carbons (Fsp3) is 0.556. The first kappa shape index (κ1) is 9.92. The van der Waals surface area contributed by atoms with Gasteiger partial charge in [0.05, 0.1) is 0 Å². The molecule has 1 heterocycles. The Morgan fingerprint density at radius 3 is 2.85 bits per heavy atom. The van der Waals surface area contributed by atoms with Crippen LogP contribution in [0.1, 0.15) is 12.1 Å². The van der Waals surface area contributed by atoms with Crippen LogP contribution in [0, 0.1) is 6.92 Å². The number of nitrogens with zero attached hydrogens (tertiary/aromatic N) is 3. The highest BCUT2D eigenvalue weighted by atomic mass is 15.2. The Labute approximate surface area is 78.8 Å². The number of hydrogen-bond donors (Lipinski definition) is 1. The lowest BCUT2D eigenvalue weighted by molar-refractivity contribution is 0.784. The van der Waals surface area contributed by atoms with Gasteiger partial charge in [-0.2, -0.15) is 0 Å². The summed E-state index contributed by atoms with van der Waals surface area (Å²) in [5.74, 6) is 0.959. The van der Waals surface area contributed by atoms with Crippen LogP contribution in [-0.4, -0.2) is 30.1 Å². The first-order valence-corrected chi connectivity index (χ1v) is 4.44. The molecule has 1 aromatic heterocycles. The molecule has 0 aliphatic carbocycles. The van der Waals surface area contributed by atoms with Gasteiger partial charge in [0.2, 0.25) is 0 Å². The molecule has 0 radical (unpaired) electrons. The number of aryl methyl sites for hydroxylation is 1. The van der Waals surface area contributed by atoms with Gasteiger partial charge in [0.25, 0.3) is 0 Å². The van der Waals surface area contributed by atoms with Crippen LogP contribution >= 0.6 is 0 Å². The van der Waals surface area contributed by atoms with Gasteiger partial charge < -0.3 is 10.6 Å². The van der Waals surface area contributed by atoms with Gasteiger partial charge in [0, 0.05) is 25.4 Å². The van der Waals surface area contributed by atoms with E-state index in [0.717, 1.165) is 24.5 Å². The van der Waals surface area contributed by atoms with E-state index in [9.17, 15) is 0 Å². The van der Waals surface area contributed by atoms with Crippen molar-refractivity contribution in [3.05, 3.63) is 18.1 Å². The van der Waals surface area contributed by atoms with Crippen LogP contribution in [0.15, 0.2) is 12.4 Å². The maximum Gasteiger partial charge on any atom is 0.131 e. The van der Waals surface area contributed by atoms with Crippen LogP contribution in [-0.2, 0) is 0 Å². The minimum absolute atomic E-state index is 0.717. The molecule has 72 valence electrons.